The van der Waals surface area contributed by atoms with Gasteiger partial charge in [0, 0.05) is 0 Å². The molecule has 16 nitrogen and oxygen atoms in total. The van der Waals surface area contributed by atoms with Crippen LogP contribution in [-0.2, 0) is 23.7 Å². The second kappa shape index (κ2) is 11.6. The van der Waals surface area contributed by atoms with Gasteiger partial charge in [-0.1, -0.05) is 0 Å². The summed E-state index contributed by atoms with van der Waals surface area (Å²) in [7, 11) is 0. The van der Waals surface area contributed by atoms with E-state index in [0.29, 0.717) is 0 Å². The fraction of sp³-hybridized carbons (Fsp3) is 1.00. The highest BCUT2D eigenvalue weighted by Crippen LogP contribution is 2.32. The Hall–Kier alpha value is -0.640. The molecule has 200 valence electrons. The quantitative estimate of drug-likeness (QED) is 0.154. The summed E-state index contributed by atoms with van der Waals surface area (Å²) in [4.78, 5) is 0. The third kappa shape index (κ3) is 5.37. The van der Waals surface area contributed by atoms with Gasteiger partial charge in [0.05, 0.1) is 19.8 Å². The first-order valence-electron chi connectivity index (χ1n) is 10.6. The van der Waals surface area contributed by atoms with Gasteiger partial charge in [0.2, 0.25) is 0 Å². The molecule has 16 heteroatoms. The molecular formula is C18H32O16. The van der Waals surface area contributed by atoms with Crippen molar-refractivity contribution in [3.05, 3.63) is 0 Å². The Labute approximate surface area is 192 Å². The lowest BCUT2D eigenvalue weighted by Crippen LogP contribution is -2.66. The zero-order valence-corrected chi connectivity index (χ0v) is 17.7. The molecule has 0 aromatic rings. The summed E-state index contributed by atoms with van der Waals surface area (Å²) in [5.74, 6) is 0. The molecule has 0 radical (unpaired) electrons. The van der Waals surface area contributed by atoms with E-state index < -0.39 is 112 Å². The minimum absolute atomic E-state index is 0.750. The van der Waals surface area contributed by atoms with Crippen molar-refractivity contribution in [3.63, 3.8) is 0 Å². The van der Waals surface area contributed by atoms with Gasteiger partial charge in [-0.3, -0.25) is 0 Å². The summed E-state index contributed by atoms with van der Waals surface area (Å²) < 4.78 is 26.2. The zero-order valence-electron chi connectivity index (χ0n) is 17.7. The van der Waals surface area contributed by atoms with Crippen LogP contribution in [0, 0.1) is 0 Å². The van der Waals surface area contributed by atoms with E-state index >= 15 is 0 Å². The zero-order chi connectivity index (χ0) is 25.3. The monoisotopic (exact) mass is 504 g/mol. The largest absolute Gasteiger partial charge is 0.394 e. The van der Waals surface area contributed by atoms with Crippen molar-refractivity contribution in [2.45, 2.75) is 92.1 Å². The standard InChI is InChI=1S/C18H32O16/c19-1-4-7(22)10(25)11(26)17(31-4)34-15-9(24)6(3-21)32-18(13(15)28)33-14-8(23)5(2-20)30-16(29)12(14)27/h4-29H,1-3H2/t4-,5+,6-,7+,8-,9+,10+,11+,12-,13+,14-,15+,16+,17+,18+/m0/s1. The molecule has 3 rings (SSSR count). The van der Waals surface area contributed by atoms with Gasteiger partial charge in [0.15, 0.2) is 18.9 Å². The van der Waals surface area contributed by atoms with Crippen LogP contribution in [0.5, 0.6) is 0 Å². The molecule has 11 N–H and O–H groups in total. The van der Waals surface area contributed by atoms with Crippen LogP contribution in [0.15, 0.2) is 0 Å². The summed E-state index contributed by atoms with van der Waals surface area (Å²) >= 11 is 0. The maximum atomic E-state index is 10.7. The van der Waals surface area contributed by atoms with E-state index in [2.05, 4.69) is 0 Å². The SMILES string of the molecule is OC[C@@H]1O[C@H](O[C@H]2[C@@H](O)[C@@H](O[C@H]3[C@@H](O)[C@@H](CO)O[C@@H](O)[C@H]3O)O[C@@H](CO)[C@H]2O)[C@H](O)[C@H](O)[C@@H]1O. The number of aliphatic hydroxyl groups excluding tert-OH is 11. The van der Waals surface area contributed by atoms with Crippen LogP contribution in [0.3, 0.4) is 0 Å². The molecule has 34 heavy (non-hydrogen) atoms. The Morgan fingerprint density at radius 1 is 0.441 bits per heavy atom. The van der Waals surface area contributed by atoms with E-state index in [4.69, 9.17) is 23.7 Å². The minimum atomic E-state index is -1.92. The molecule has 15 atom stereocenters. The summed E-state index contributed by atoms with van der Waals surface area (Å²) in [6.07, 6.45) is -25.5. The van der Waals surface area contributed by atoms with Crippen LogP contribution in [0.2, 0.25) is 0 Å². The third-order valence-electron chi connectivity index (χ3n) is 6.09. The van der Waals surface area contributed by atoms with E-state index in [1.165, 1.54) is 0 Å². The molecule has 0 aromatic carbocycles. The molecule has 0 bridgehead atoms. The van der Waals surface area contributed by atoms with Crippen LogP contribution in [0.1, 0.15) is 0 Å². The highest BCUT2D eigenvalue weighted by molar-refractivity contribution is 4.96. The molecular weight excluding hydrogens is 472 g/mol. The Morgan fingerprint density at radius 2 is 0.853 bits per heavy atom. The summed E-state index contributed by atoms with van der Waals surface area (Å²) in [6, 6.07) is 0. The number of aliphatic hydroxyl groups is 11. The predicted molar refractivity (Wildman–Crippen MR) is 101 cm³/mol. The summed E-state index contributed by atoms with van der Waals surface area (Å²) in [5.41, 5.74) is 0. The van der Waals surface area contributed by atoms with Gasteiger partial charge in [0.25, 0.3) is 0 Å². The van der Waals surface area contributed by atoms with Crippen LogP contribution in [0.4, 0.5) is 0 Å². The van der Waals surface area contributed by atoms with Crippen molar-refractivity contribution in [3.8, 4) is 0 Å². The molecule has 0 aromatic heterocycles. The molecule has 0 amide bonds. The Balaban J connectivity index is 1.78. The lowest BCUT2D eigenvalue weighted by molar-refractivity contribution is -0.379. The van der Waals surface area contributed by atoms with Crippen LogP contribution in [0.25, 0.3) is 0 Å². The molecule has 0 saturated carbocycles. The summed E-state index contributed by atoms with van der Waals surface area (Å²) in [5, 5.41) is 110. The molecule has 3 saturated heterocycles. The van der Waals surface area contributed by atoms with E-state index in [9.17, 15) is 56.2 Å². The van der Waals surface area contributed by atoms with Crippen molar-refractivity contribution in [2.24, 2.45) is 0 Å². The number of hydrogen-bond acceptors (Lipinski definition) is 16. The van der Waals surface area contributed by atoms with Gasteiger partial charge in [-0.25, -0.2) is 0 Å². The van der Waals surface area contributed by atoms with Gasteiger partial charge in [0.1, 0.15) is 73.2 Å². The van der Waals surface area contributed by atoms with Gasteiger partial charge >= 0.3 is 0 Å². The highest BCUT2D eigenvalue weighted by atomic mass is 16.7. The second-order valence-corrected chi connectivity index (χ2v) is 8.33. The maximum absolute atomic E-state index is 10.7. The van der Waals surface area contributed by atoms with Crippen molar-refractivity contribution >= 4 is 0 Å². The van der Waals surface area contributed by atoms with E-state index in [1.54, 1.807) is 0 Å². The van der Waals surface area contributed by atoms with Crippen LogP contribution in [-0.4, -0.2) is 168 Å². The molecule has 3 heterocycles. The average Bonchev–Trinajstić information content (AvgIpc) is 2.82. The van der Waals surface area contributed by atoms with Crippen LogP contribution < -0.4 is 0 Å². The minimum Gasteiger partial charge on any atom is -0.394 e. The first-order chi connectivity index (χ1) is 16.0. The lowest BCUT2D eigenvalue weighted by Gasteiger charge is -2.47. The number of ether oxygens (including phenoxy) is 5. The van der Waals surface area contributed by atoms with Crippen molar-refractivity contribution in [2.75, 3.05) is 19.8 Å². The lowest BCUT2D eigenvalue weighted by atomic mass is 9.96. The molecule has 0 spiro atoms. The predicted octanol–water partition coefficient (Wildman–Crippen LogP) is -7.57. The first-order valence-corrected chi connectivity index (χ1v) is 10.6. The normalized spacial score (nSPS) is 52.5. The Morgan fingerprint density at radius 3 is 1.35 bits per heavy atom. The average molecular weight is 504 g/mol. The Bertz CT molecular complexity index is 639. The van der Waals surface area contributed by atoms with Gasteiger partial charge in [-0.05, 0) is 0 Å². The highest BCUT2D eigenvalue weighted by Gasteiger charge is 2.53. The van der Waals surface area contributed by atoms with E-state index in [1.807, 2.05) is 0 Å². The first kappa shape index (κ1) is 27.9. The second-order valence-electron chi connectivity index (χ2n) is 8.33. The topological polar surface area (TPSA) is 269 Å². The molecule has 3 aliphatic heterocycles. The van der Waals surface area contributed by atoms with Gasteiger partial charge < -0.3 is 79.9 Å². The molecule has 3 aliphatic rings. The van der Waals surface area contributed by atoms with Crippen LogP contribution >= 0.6 is 0 Å². The number of rotatable bonds is 7. The fourth-order valence-electron chi connectivity index (χ4n) is 4.04. The fourth-order valence-corrected chi connectivity index (χ4v) is 4.04. The Kier molecular flexibility index (Phi) is 9.54. The van der Waals surface area contributed by atoms with E-state index in [-0.39, 0.29) is 0 Å². The maximum Gasteiger partial charge on any atom is 0.187 e. The summed E-state index contributed by atoms with van der Waals surface area (Å²) in [6.45, 7) is -2.33. The number of hydrogen-bond donors (Lipinski definition) is 11. The molecule has 0 aliphatic carbocycles. The van der Waals surface area contributed by atoms with Gasteiger partial charge in [-0.2, -0.15) is 0 Å². The molecule has 3 fully saturated rings. The third-order valence-corrected chi connectivity index (χ3v) is 6.09. The van der Waals surface area contributed by atoms with E-state index in [0.717, 1.165) is 0 Å². The molecule has 0 unspecified atom stereocenters. The van der Waals surface area contributed by atoms with Crippen molar-refractivity contribution in [1.29, 1.82) is 0 Å². The smallest absolute Gasteiger partial charge is 0.187 e. The van der Waals surface area contributed by atoms with Crippen molar-refractivity contribution < 1.29 is 79.9 Å². The van der Waals surface area contributed by atoms with Crippen molar-refractivity contribution in [1.82, 2.24) is 0 Å². The van der Waals surface area contributed by atoms with Gasteiger partial charge in [-0.15, -0.1) is 0 Å².